The van der Waals surface area contributed by atoms with Crippen LogP contribution in [0.4, 0.5) is 0 Å². The summed E-state index contributed by atoms with van der Waals surface area (Å²) in [7, 11) is 0. The van der Waals surface area contributed by atoms with Crippen molar-refractivity contribution in [3.8, 4) is 0 Å². The van der Waals surface area contributed by atoms with Gasteiger partial charge in [-0.05, 0) is 23.7 Å². The van der Waals surface area contributed by atoms with Gasteiger partial charge in [-0.25, -0.2) is 0 Å². The summed E-state index contributed by atoms with van der Waals surface area (Å²) in [5, 5.41) is 18.0. The third-order valence-electron chi connectivity index (χ3n) is 3.85. The smallest absolute Gasteiger partial charge is 0.387 e. The van der Waals surface area contributed by atoms with Gasteiger partial charge in [0.1, 0.15) is 0 Å². The van der Waals surface area contributed by atoms with E-state index in [1.807, 2.05) is 0 Å². The topological polar surface area (TPSA) is 48.4 Å². The molecule has 3 heteroatoms. The molecule has 1 aliphatic carbocycles. The van der Waals surface area contributed by atoms with E-state index in [0.29, 0.717) is 6.42 Å². The molecule has 0 radical (unpaired) electrons. The molecule has 0 saturated heterocycles. The van der Waals surface area contributed by atoms with Crippen LogP contribution >= 0.6 is 0 Å². The molecule has 16 heavy (non-hydrogen) atoms. The highest BCUT2D eigenvalue weighted by Gasteiger charge is 2.41. The van der Waals surface area contributed by atoms with Crippen LogP contribution in [0.15, 0.2) is 24.1 Å². The second-order valence-electron chi connectivity index (χ2n) is 5.69. The first-order chi connectivity index (χ1) is 7.32. The Morgan fingerprint density at radius 3 is 2.69 bits per heavy atom. The Kier molecular flexibility index (Phi) is 3.42. The summed E-state index contributed by atoms with van der Waals surface area (Å²) < 4.78 is 0. The van der Waals surface area contributed by atoms with Crippen molar-refractivity contribution in [1.82, 2.24) is 0 Å². The average Bonchev–Trinajstić information content (AvgIpc) is 2.14. The highest BCUT2D eigenvalue weighted by molar-refractivity contribution is 5.22. The van der Waals surface area contributed by atoms with Crippen molar-refractivity contribution in [1.29, 1.82) is 5.39 Å². The van der Waals surface area contributed by atoms with Crippen molar-refractivity contribution in [2.24, 2.45) is 10.8 Å². The first kappa shape index (κ1) is 12.8. The molecule has 0 aromatic carbocycles. The molecule has 0 spiro atoms. The number of hydrogen-bond donors (Lipinski definition) is 1. The van der Waals surface area contributed by atoms with E-state index >= 15 is 0 Å². The summed E-state index contributed by atoms with van der Waals surface area (Å²) in [5.74, 6) is 0.115. The minimum absolute atomic E-state index is 0.0903. The lowest BCUT2D eigenvalue weighted by molar-refractivity contribution is 0.180. The van der Waals surface area contributed by atoms with Crippen LogP contribution in [0.5, 0.6) is 0 Å². The van der Waals surface area contributed by atoms with E-state index in [9.17, 15) is 5.11 Å². The number of hydrogen-bond acceptors (Lipinski definition) is 2. The molecule has 1 N–H and O–H groups in total. The van der Waals surface area contributed by atoms with Gasteiger partial charge in [0.2, 0.25) is 5.39 Å². The Morgan fingerprint density at radius 2 is 2.12 bits per heavy atom. The molecule has 0 aliphatic heterocycles. The summed E-state index contributed by atoms with van der Waals surface area (Å²) in [5.41, 5.74) is 1.22. The number of rotatable bonds is 2. The molecule has 0 amide bonds. The Bertz CT molecular complexity index is 363. The highest BCUT2D eigenvalue weighted by Crippen LogP contribution is 2.52. The third-order valence-corrected chi connectivity index (χ3v) is 3.85. The zero-order valence-corrected chi connectivity index (χ0v) is 10.5. The van der Waals surface area contributed by atoms with Crippen molar-refractivity contribution in [3.05, 3.63) is 29.1 Å². The molecular formula is C13H21N2O+. The molecular weight excluding hydrogens is 200 g/mol. The lowest BCUT2D eigenvalue weighted by Gasteiger charge is -2.45. The Labute approximate surface area is 97.5 Å². The van der Waals surface area contributed by atoms with E-state index < -0.39 is 0 Å². The molecule has 1 aliphatic rings. The normalized spacial score (nSPS) is 29.9. The van der Waals surface area contributed by atoms with Gasteiger partial charge in [-0.3, -0.25) is 0 Å². The van der Waals surface area contributed by atoms with Gasteiger partial charge < -0.3 is 5.11 Å². The minimum Gasteiger partial charge on any atom is -0.505 e. The van der Waals surface area contributed by atoms with Crippen molar-refractivity contribution >= 4 is 0 Å². The Morgan fingerprint density at radius 1 is 1.50 bits per heavy atom. The van der Waals surface area contributed by atoms with Crippen LogP contribution in [0, 0.1) is 16.2 Å². The van der Waals surface area contributed by atoms with Gasteiger partial charge in [-0.2, -0.15) is 0 Å². The number of aliphatic hydroxyl groups excluding tert-OH is 1. The molecule has 1 atom stereocenters. The lowest BCUT2D eigenvalue weighted by Crippen LogP contribution is -2.34. The van der Waals surface area contributed by atoms with E-state index in [0.717, 1.165) is 25.5 Å². The molecule has 1 fully saturated rings. The van der Waals surface area contributed by atoms with Crippen LogP contribution in [-0.2, 0) is 0 Å². The van der Waals surface area contributed by atoms with E-state index in [1.54, 1.807) is 0 Å². The van der Waals surface area contributed by atoms with E-state index in [4.69, 9.17) is 5.39 Å². The van der Waals surface area contributed by atoms with Crippen LogP contribution in [0.3, 0.4) is 0 Å². The fourth-order valence-electron chi connectivity index (χ4n) is 2.75. The number of diazo groups is 1. The fraction of sp³-hybridized carbons (Fsp3) is 0.692. The quantitative estimate of drug-likeness (QED) is 0.427. The van der Waals surface area contributed by atoms with Crippen LogP contribution < -0.4 is 0 Å². The van der Waals surface area contributed by atoms with Gasteiger partial charge in [0.05, 0.1) is 0 Å². The molecule has 1 saturated carbocycles. The van der Waals surface area contributed by atoms with Gasteiger partial charge in [0, 0.05) is 6.42 Å². The van der Waals surface area contributed by atoms with Crippen LogP contribution in [0.2, 0.25) is 0 Å². The maximum atomic E-state index is 9.62. The van der Waals surface area contributed by atoms with Crippen LogP contribution in [0.1, 0.15) is 46.5 Å². The van der Waals surface area contributed by atoms with Gasteiger partial charge in [0.25, 0.3) is 0 Å². The zero-order chi connectivity index (χ0) is 12.4. The SMILES string of the molecule is C=C1C(C)(C)CCC[C@]1(C)C/C(O)=C\[N+]#N. The van der Waals surface area contributed by atoms with E-state index in [1.165, 1.54) is 5.57 Å². The fourth-order valence-corrected chi connectivity index (χ4v) is 2.75. The molecule has 0 unspecified atom stereocenters. The third kappa shape index (κ3) is 2.44. The molecule has 3 nitrogen and oxygen atoms in total. The average molecular weight is 221 g/mol. The largest absolute Gasteiger partial charge is 0.505 e. The predicted octanol–water partition coefficient (Wildman–Crippen LogP) is 4.40. The second-order valence-corrected chi connectivity index (χ2v) is 5.69. The molecule has 1 rings (SSSR count). The van der Waals surface area contributed by atoms with Gasteiger partial charge >= 0.3 is 6.20 Å². The highest BCUT2D eigenvalue weighted by atomic mass is 16.3. The standard InChI is InChI=1S/C13H20N2O/c1-10-12(2,3)6-5-7-13(10,4)8-11(16)9-15-14/h9H,1,5-8H2,2-4H3/p+1/b11-9+/t13-/m1/s1. The maximum absolute atomic E-state index is 9.62. The van der Waals surface area contributed by atoms with Crippen molar-refractivity contribution in [2.45, 2.75) is 46.5 Å². The minimum atomic E-state index is -0.0903. The summed E-state index contributed by atoms with van der Waals surface area (Å²) in [6.45, 7) is 10.7. The van der Waals surface area contributed by atoms with Gasteiger partial charge in [0.15, 0.2) is 10.7 Å². The summed E-state index contributed by atoms with van der Waals surface area (Å²) in [4.78, 5) is 2.85. The second kappa shape index (κ2) is 4.29. The first-order valence-corrected chi connectivity index (χ1v) is 5.74. The number of aliphatic hydroxyl groups is 1. The number of nitrogens with zero attached hydrogens (tertiary/aromatic N) is 2. The van der Waals surface area contributed by atoms with Crippen LogP contribution in [0.25, 0.3) is 4.98 Å². The van der Waals surface area contributed by atoms with Crippen molar-refractivity contribution < 1.29 is 5.11 Å². The monoisotopic (exact) mass is 221 g/mol. The van der Waals surface area contributed by atoms with Crippen molar-refractivity contribution in [2.75, 3.05) is 0 Å². The van der Waals surface area contributed by atoms with Gasteiger partial charge in [-0.15, -0.1) is 0 Å². The Hall–Kier alpha value is -1.30. The lowest BCUT2D eigenvalue weighted by atomic mass is 9.60. The first-order valence-electron chi connectivity index (χ1n) is 5.74. The van der Waals surface area contributed by atoms with Gasteiger partial charge in [-0.1, -0.05) is 39.3 Å². The molecule has 88 valence electrons. The van der Waals surface area contributed by atoms with E-state index in [-0.39, 0.29) is 16.6 Å². The van der Waals surface area contributed by atoms with Crippen molar-refractivity contribution in [3.63, 3.8) is 0 Å². The summed E-state index contributed by atoms with van der Waals surface area (Å²) >= 11 is 0. The molecule has 0 aromatic rings. The van der Waals surface area contributed by atoms with E-state index in [2.05, 4.69) is 32.3 Å². The zero-order valence-electron chi connectivity index (χ0n) is 10.5. The molecule has 0 aromatic heterocycles. The molecule has 0 heterocycles. The van der Waals surface area contributed by atoms with Crippen LogP contribution in [-0.4, -0.2) is 5.11 Å². The Balaban J connectivity index is 2.89. The maximum Gasteiger partial charge on any atom is 0.387 e. The predicted molar refractivity (Wildman–Crippen MR) is 65.3 cm³/mol. The number of allylic oxidation sites excluding steroid dienone is 2. The summed E-state index contributed by atoms with van der Waals surface area (Å²) in [6, 6.07) is 0. The molecule has 0 bridgehead atoms. The summed E-state index contributed by atoms with van der Waals surface area (Å²) in [6.07, 6.45) is 4.92.